The number of carbonyl (C=O) groups excluding carboxylic acids is 1. The number of hydrogen-bond acceptors (Lipinski definition) is 5. The highest BCUT2D eigenvalue weighted by Crippen LogP contribution is 2.40. The van der Waals surface area contributed by atoms with Crippen molar-refractivity contribution in [2.75, 3.05) is 31.1 Å². The Kier molecular flexibility index (Phi) is 4.92. The van der Waals surface area contributed by atoms with Gasteiger partial charge < -0.3 is 14.9 Å². The maximum absolute atomic E-state index is 14.7. The van der Waals surface area contributed by atoms with Gasteiger partial charge in [-0.25, -0.2) is 9.18 Å². The average molecular weight is 434 g/mol. The first-order valence-corrected chi connectivity index (χ1v) is 10.7. The summed E-state index contributed by atoms with van der Waals surface area (Å²) in [7, 11) is 0. The van der Waals surface area contributed by atoms with Gasteiger partial charge in [-0.1, -0.05) is 18.7 Å². The molecule has 0 radical (unpaired) electrons. The molecule has 32 heavy (non-hydrogen) atoms. The topological polar surface area (TPSA) is 78.7 Å². The zero-order valence-electron chi connectivity index (χ0n) is 17.6. The van der Waals surface area contributed by atoms with E-state index in [1.807, 2.05) is 11.0 Å². The van der Waals surface area contributed by atoms with E-state index in [0.29, 0.717) is 50.5 Å². The molecule has 1 amide bonds. The highest BCUT2D eigenvalue weighted by atomic mass is 19.1. The van der Waals surface area contributed by atoms with E-state index in [9.17, 15) is 19.1 Å². The van der Waals surface area contributed by atoms with Crippen LogP contribution in [0.2, 0.25) is 0 Å². The Bertz CT molecular complexity index is 1290. The average Bonchev–Trinajstić information content (AvgIpc) is 2.81. The lowest BCUT2D eigenvalue weighted by Crippen LogP contribution is -2.49. The standard InChI is InChI=1S/C24H23FN4O3/c1-2-20(31)27-11-13-28(14-12-27)23-17-9-8-15(21-18(25)6-3-7-19(21)30)16-5-4-10-29(22(16)17)24(32)26-23/h2-3,6-9,30H,1,4-5,10-14H2. The summed E-state index contributed by atoms with van der Waals surface area (Å²) in [5, 5.41) is 11.2. The molecule has 2 aromatic carbocycles. The summed E-state index contributed by atoms with van der Waals surface area (Å²) in [5.41, 5.74) is 2.00. The molecule has 2 aliphatic heterocycles. The van der Waals surface area contributed by atoms with Crippen LogP contribution in [0.4, 0.5) is 10.2 Å². The van der Waals surface area contributed by atoms with E-state index in [-0.39, 0.29) is 22.9 Å². The number of aromatic hydroxyl groups is 1. The van der Waals surface area contributed by atoms with Crippen LogP contribution in [0, 0.1) is 5.82 Å². The predicted molar refractivity (Wildman–Crippen MR) is 120 cm³/mol. The van der Waals surface area contributed by atoms with E-state index in [1.165, 1.54) is 24.3 Å². The van der Waals surface area contributed by atoms with Crippen molar-refractivity contribution in [1.82, 2.24) is 14.5 Å². The highest BCUT2D eigenvalue weighted by Gasteiger charge is 2.27. The molecule has 0 saturated carbocycles. The minimum absolute atomic E-state index is 0.107. The second kappa shape index (κ2) is 7.78. The van der Waals surface area contributed by atoms with Crippen molar-refractivity contribution in [3.05, 3.63) is 64.9 Å². The fraction of sp³-hybridized carbons (Fsp3) is 0.292. The van der Waals surface area contributed by atoms with Crippen LogP contribution < -0.4 is 10.6 Å². The Morgan fingerprint density at radius 1 is 1.12 bits per heavy atom. The molecule has 2 aliphatic rings. The van der Waals surface area contributed by atoms with Crippen molar-refractivity contribution < 1.29 is 14.3 Å². The maximum Gasteiger partial charge on any atom is 0.350 e. The first kappa shape index (κ1) is 20.2. The van der Waals surface area contributed by atoms with Crippen molar-refractivity contribution in [2.24, 2.45) is 0 Å². The number of aryl methyl sites for hydroxylation is 2. The van der Waals surface area contributed by atoms with Gasteiger partial charge in [0.1, 0.15) is 17.4 Å². The molecule has 0 atom stereocenters. The minimum atomic E-state index is -0.502. The molecule has 3 aromatic rings. The molecule has 1 saturated heterocycles. The van der Waals surface area contributed by atoms with Crippen LogP contribution in [0.3, 0.4) is 0 Å². The summed E-state index contributed by atoms with van der Waals surface area (Å²) in [6.07, 6.45) is 2.71. The van der Waals surface area contributed by atoms with Gasteiger partial charge in [-0.3, -0.25) is 9.36 Å². The van der Waals surface area contributed by atoms with Gasteiger partial charge in [-0.05, 0) is 48.2 Å². The molecule has 7 nitrogen and oxygen atoms in total. The summed E-state index contributed by atoms with van der Waals surface area (Å²) < 4.78 is 16.3. The van der Waals surface area contributed by atoms with Crippen LogP contribution in [0.25, 0.3) is 22.0 Å². The summed E-state index contributed by atoms with van der Waals surface area (Å²) in [4.78, 5) is 33.0. The van der Waals surface area contributed by atoms with Crippen molar-refractivity contribution in [3.8, 4) is 16.9 Å². The number of phenols is 1. The summed E-state index contributed by atoms with van der Waals surface area (Å²) in [5.74, 6) is -0.155. The predicted octanol–water partition coefficient (Wildman–Crippen LogP) is 2.69. The molecule has 0 bridgehead atoms. The van der Waals surface area contributed by atoms with Gasteiger partial charge in [0.05, 0.1) is 11.1 Å². The zero-order chi connectivity index (χ0) is 22.4. The molecule has 0 spiro atoms. The smallest absolute Gasteiger partial charge is 0.350 e. The number of rotatable bonds is 3. The summed E-state index contributed by atoms with van der Waals surface area (Å²) in [6.45, 7) is 6.23. The molecule has 1 fully saturated rings. The number of aromatic nitrogens is 2. The molecule has 1 aromatic heterocycles. The lowest BCUT2D eigenvalue weighted by atomic mass is 9.91. The lowest BCUT2D eigenvalue weighted by molar-refractivity contribution is -0.126. The van der Waals surface area contributed by atoms with Crippen LogP contribution in [0.1, 0.15) is 12.0 Å². The number of amides is 1. The number of benzene rings is 2. The van der Waals surface area contributed by atoms with Gasteiger partial charge in [-0.15, -0.1) is 0 Å². The van der Waals surface area contributed by atoms with Crippen molar-refractivity contribution in [2.45, 2.75) is 19.4 Å². The quantitative estimate of drug-likeness (QED) is 0.642. The van der Waals surface area contributed by atoms with E-state index >= 15 is 0 Å². The Morgan fingerprint density at radius 3 is 2.62 bits per heavy atom. The molecule has 0 aliphatic carbocycles. The Balaban J connectivity index is 1.66. The van der Waals surface area contributed by atoms with Crippen molar-refractivity contribution in [1.29, 1.82) is 0 Å². The Hall–Kier alpha value is -3.68. The monoisotopic (exact) mass is 434 g/mol. The SMILES string of the molecule is C=CC(=O)N1CCN(c2nc(=O)n3c4c(c(-c5c(O)cccc5F)ccc24)CCC3)CC1. The van der Waals surface area contributed by atoms with Crippen LogP contribution in [0.15, 0.2) is 47.8 Å². The van der Waals surface area contributed by atoms with Crippen LogP contribution in [-0.2, 0) is 17.8 Å². The molecular formula is C24H23FN4O3. The van der Waals surface area contributed by atoms with Crippen LogP contribution in [0.5, 0.6) is 5.75 Å². The number of anilines is 1. The molecule has 5 rings (SSSR count). The second-order valence-electron chi connectivity index (χ2n) is 8.11. The number of halogens is 1. The Labute approximate surface area is 184 Å². The normalized spacial score (nSPS) is 15.8. The van der Waals surface area contributed by atoms with E-state index < -0.39 is 5.82 Å². The van der Waals surface area contributed by atoms with E-state index in [0.717, 1.165) is 22.9 Å². The summed E-state index contributed by atoms with van der Waals surface area (Å²) >= 11 is 0. The summed E-state index contributed by atoms with van der Waals surface area (Å²) in [6, 6.07) is 7.91. The van der Waals surface area contributed by atoms with Crippen LogP contribution in [-0.4, -0.2) is 51.6 Å². The fourth-order valence-electron chi connectivity index (χ4n) is 4.83. The number of hydrogen-bond donors (Lipinski definition) is 1. The van der Waals surface area contributed by atoms with E-state index in [2.05, 4.69) is 11.6 Å². The largest absolute Gasteiger partial charge is 0.507 e. The third kappa shape index (κ3) is 3.14. The molecule has 3 heterocycles. The zero-order valence-corrected chi connectivity index (χ0v) is 17.6. The molecular weight excluding hydrogens is 411 g/mol. The Morgan fingerprint density at radius 2 is 1.91 bits per heavy atom. The van der Waals surface area contributed by atoms with E-state index in [1.54, 1.807) is 15.5 Å². The highest BCUT2D eigenvalue weighted by molar-refractivity contribution is 5.97. The lowest BCUT2D eigenvalue weighted by Gasteiger charge is -2.36. The van der Waals surface area contributed by atoms with Gasteiger partial charge >= 0.3 is 5.69 Å². The van der Waals surface area contributed by atoms with E-state index in [4.69, 9.17) is 0 Å². The molecule has 1 N–H and O–H groups in total. The number of carbonyl (C=O) groups is 1. The van der Waals surface area contributed by atoms with Crippen LogP contribution >= 0.6 is 0 Å². The molecule has 164 valence electrons. The van der Waals surface area contributed by atoms with Crippen molar-refractivity contribution >= 4 is 22.6 Å². The van der Waals surface area contributed by atoms with Crippen molar-refractivity contribution in [3.63, 3.8) is 0 Å². The number of piperazine rings is 1. The molecule has 8 heteroatoms. The van der Waals surface area contributed by atoms with Gasteiger partial charge in [0, 0.05) is 38.1 Å². The maximum atomic E-state index is 14.7. The number of nitrogens with zero attached hydrogens (tertiary/aromatic N) is 4. The third-order valence-electron chi connectivity index (χ3n) is 6.36. The molecule has 0 unspecified atom stereocenters. The first-order valence-electron chi connectivity index (χ1n) is 10.7. The van der Waals surface area contributed by atoms with Gasteiger partial charge in [-0.2, -0.15) is 4.98 Å². The second-order valence-corrected chi connectivity index (χ2v) is 8.11. The minimum Gasteiger partial charge on any atom is -0.507 e. The first-order chi connectivity index (χ1) is 15.5. The van der Waals surface area contributed by atoms with Gasteiger partial charge in [0.2, 0.25) is 5.91 Å². The van der Waals surface area contributed by atoms with Gasteiger partial charge in [0.15, 0.2) is 0 Å². The van der Waals surface area contributed by atoms with Gasteiger partial charge in [0.25, 0.3) is 0 Å². The number of phenolic OH excluding ortho intramolecular Hbond substituents is 1. The fourth-order valence-corrected chi connectivity index (χ4v) is 4.83. The third-order valence-corrected chi connectivity index (χ3v) is 6.36.